The Labute approximate surface area is 167 Å². The Morgan fingerprint density at radius 3 is 2.54 bits per heavy atom. The number of aliphatic hydroxyl groups is 1. The number of rotatable bonds is 11. The van der Waals surface area contributed by atoms with Crippen LogP contribution >= 0.6 is 11.6 Å². The van der Waals surface area contributed by atoms with Crippen LogP contribution in [0.25, 0.3) is 10.9 Å². The van der Waals surface area contributed by atoms with Crippen LogP contribution < -0.4 is 10.7 Å². The summed E-state index contributed by atoms with van der Waals surface area (Å²) in [7, 11) is 0. The van der Waals surface area contributed by atoms with Crippen molar-refractivity contribution in [3.05, 3.63) is 38.6 Å². The minimum absolute atomic E-state index is 0.0167. The number of hydrogen-bond acceptors (Lipinski definition) is 6. The number of aromatic amines is 1. The number of carboxylic acids is 1. The molecular weight excluding hydrogens is 388 g/mol. The number of hydrogen-bond donors (Lipinski definition) is 4. The first kappa shape index (κ1) is 22.2. The van der Waals surface area contributed by atoms with Gasteiger partial charge in [-0.1, -0.05) is 25.4 Å². The van der Waals surface area contributed by atoms with Crippen LogP contribution in [-0.2, 0) is 9.47 Å². The highest BCUT2D eigenvalue weighted by molar-refractivity contribution is 6.35. The molecule has 9 heteroatoms. The summed E-state index contributed by atoms with van der Waals surface area (Å²) >= 11 is 6.55. The van der Waals surface area contributed by atoms with Gasteiger partial charge in [0, 0.05) is 18.1 Å². The number of aliphatic hydroxyl groups excluding tert-OH is 1. The third kappa shape index (κ3) is 5.23. The molecule has 0 fully saturated rings. The molecule has 0 aliphatic carbocycles. The van der Waals surface area contributed by atoms with E-state index >= 15 is 0 Å². The summed E-state index contributed by atoms with van der Waals surface area (Å²) in [5, 5.41) is 21.7. The fourth-order valence-electron chi connectivity index (χ4n) is 2.84. The quantitative estimate of drug-likeness (QED) is 0.418. The molecule has 0 bridgehead atoms. The van der Waals surface area contributed by atoms with Gasteiger partial charge in [-0.05, 0) is 17.5 Å². The lowest BCUT2D eigenvalue weighted by atomic mass is 9.97. The molecule has 0 aliphatic rings. The molecule has 8 nitrogen and oxygen atoms in total. The molecule has 4 N–H and O–H groups in total. The van der Waals surface area contributed by atoms with Gasteiger partial charge in [0.2, 0.25) is 5.43 Å². The summed E-state index contributed by atoms with van der Waals surface area (Å²) in [6.07, 6.45) is 1.20. The summed E-state index contributed by atoms with van der Waals surface area (Å²) in [6.45, 7) is 5.77. The molecule has 1 heterocycles. The molecule has 0 saturated heterocycles. The maximum absolute atomic E-state index is 12.6. The fraction of sp³-hybridized carbons (Fsp3) is 0.474. The van der Waals surface area contributed by atoms with Gasteiger partial charge in [0.25, 0.3) is 0 Å². The van der Waals surface area contributed by atoms with E-state index in [0.29, 0.717) is 42.6 Å². The summed E-state index contributed by atoms with van der Waals surface area (Å²) in [6, 6.07) is 1.57. The Bertz CT molecular complexity index is 881. The largest absolute Gasteiger partial charge is 0.477 e. The van der Waals surface area contributed by atoms with Crippen molar-refractivity contribution >= 4 is 34.2 Å². The van der Waals surface area contributed by atoms with E-state index in [-0.39, 0.29) is 30.1 Å². The van der Waals surface area contributed by atoms with Crippen LogP contribution in [-0.4, -0.2) is 60.7 Å². The zero-order chi connectivity index (χ0) is 20.7. The summed E-state index contributed by atoms with van der Waals surface area (Å²) in [5.74, 6) is -1.27. The molecule has 0 spiro atoms. The molecule has 0 amide bonds. The normalized spacial score (nSPS) is 11.3. The monoisotopic (exact) mass is 412 g/mol. The van der Waals surface area contributed by atoms with E-state index in [9.17, 15) is 14.7 Å². The SMILES string of the molecule is CC(C)c1c(Cl)c(NCCOCCOCCO)cc2c(=O)c(C(=O)O)c[nH]c12. The summed E-state index contributed by atoms with van der Waals surface area (Å²) in [4.78, 5) is 26.8. The van der Waals surface area contributed by atoms with E-state index in [1.807, 2.05) is 13.8 Å². The van der Waals surface area contributed by atoms with Crippen molar-refractivity contribution < 1.29 is 24.5 Å². The van der Waals surface area contributed by atoms with E-state index < -0.39 is 11.4 Å². The number of nitrogens with one attached hydrogen (secondary N) is 2. The van der Waals surface area contributed by atoms with Gasteiger partial charge in [0.15, 0.2) is 0 Å². The number of aromatic nitrogens is 1. The molecule has 0 radical (unpaired) electrons. The zero-order valence-corrected chi connectivity index (χ0v) is 16.6. The first-order valence-corrected chi connectivity index (χ1v) is 9.37. The van der Waals surface area contributed by atoms with Gasteiger partial charge in [-0.25, -0.2) is 4.79 Å². The van der Waals surface area contributed by atoms with Crippen LogP contribution in [0.5, 0.6) is 0 Å². The van der Waals surface area contributed by atoms with Crippen molar-refractivity contribution in [2.45, 2.75) is 19.8 Å². The van der Waals surface area contributed by atoms with Crippen LogP contribution in [0.3, 0.4) is 0 Å². The first-order chi connectivity index (χ1) is 13.4. The van der Waals surface area contributed by atoms with E-state index in [1.165, 1.54) is 6.20 Å². The van der Waals surface area contributed by atoms with Crippen LogP contribution in [0.4, 0.5) is 5.69 Å². The van der Waals surface area contributed by atoms with Crippen molar-refractivity contribution in [2.75, 3.05) is 44.9 Å². The van der Waals surface area contributed by atoms with Gasteiger partial charge in [0.1, 0.15) is 5.56 Å². The Balaban J connectivity index is 2.21. The van der Waals surface area contributed by atoms with Crippen LogP contribution in [0.1, 0.15) is 35.7 Å². The lowest BCUT2D eigenvalue weighted by molar-refractivity contribution is 0.0361. The maximum Gasteiger partial charge on any atom is 0.341 e. The predicted octanol–water partition coefficient (Wildman–Crippen LogP) is 2.44. The van der Waals surface area contributed by atoms with Gasteiger partial charge in [-0.15, -0.1) is 0 Å². The number of fused-ring (bicyclic) bond motifs is 1. The van der Waals surface area contributed by atoms with Crippen LogP contribution in [0, 0.1) is 0 Å². The highest BCUT2D eigenvalue weighted by Gasteiger charge is 2.19. The minimum atomic E-state index is -1.28. The van der Waals surface area contributed by atoms with Crippen molar-refractivity contribution in [1.82, 2.24) is 4.98 Å². The van der Waals surface area contributed by atoms with E-state index in [4.69, 9.17) is 26.2 Å². The molecule has 2 rings (SSSR count). The lowest BCUT2D eigenvalue weighted by Crippen LogP contribution is -2.17. The number of pyridine rings is 1. The van der Waals surface area contributed by atoms with Crippen molar-refractivity contribution in [2.24, 2.45) is 0 Å². The van der Waals surface area contributed by atoms with Crippen molar-refractivity contribution in [3.8, 4) is 0 Å². The average Bonchev–Trinajstić information content (AvgIpc) is 2.64. The second-order valence-electron chi connectivity index (χ2n) is 6.44. The number of carboxylic acid groups (broad SMARTS) is 1. The van der Waals surface area contributed by atoms with Crippen LogP contribution in [0.15, 0.2) is 17.1 Å². The lowest BCUT2D eigenvalue weighted by Gasteiger charge is -2.17. The van der Waals surface area contributed by atoms with E-state index in [1.54, 1.807) is 6.07 Å². The van der Waals surface area contributed by atoms with Crippen LogP contribution in [0.2, 0.25) is 5.02 Å². The van der Waals surface area contributed by atoms with Gasteiger partial charge in [-0.3, -0.25) is 4.79 Å². The number of benzene rings is 1. The molecule has 28 heavy (non-hydrogen) atoms. The maximum atomic E-state index is 12.6. The van der Waals surface area contributed by atoms with E-state index in [0.717, 1.165) is 5.56 Å². The molecule has 0 unspecified atom stereocenters. The second-order valence-corrected chi connectivity index (χ2v) is 6.82. The third-order valence-electron chi connectivity index (χ3n) is 4.13. The summed E-state index contributed by atoms with van der Waals surface area (Å²) < 4.78 is 10.5. The number of anilines is 1. The molecule has 1 aromatic heterocycles. The minimum Gasteiger partial charge on any atom is -0.477 e. The average molecular weight is 413 g/mol. The topological polar surface area (TPSA) is 121 Å². The van der Waals surface area contributed by atoms with E-state index in [2.05, 4.69) is 10.3 Å². The Morgan fingerprint density at radius 2 is 1.93 bits per heavy atom. The summed E-state index contributed by atoms with van der Waals surface area (Å²) in [5.41, 5.74) is 0.958. The fourth-order valence-corrected chi connectivity index (χ4v) is 3.28. The predicted molar refractivity (Wildman–Crippen MR) is 108 cm³/mol. The number of halogens is 1. The smallest absolute Gasteiger partial charge is 0.341 e. The van der Waals surface area contributed by atoms with Gasteiger partial charge < -0.3 is 30.0 Å². The second kappa shape index (κ2) is 10.4. The molecule has 1 aromatic carbocycles. The molecular formula is C19H25ClN2O6. The first-order valence-electron chi connectivity index (χ1n) is 8.99. The van der Waals surface area contributed by atoms with Gasteiger partial charge in [-0.2, -0.15) is 0 Å². The highest BCUT2D eigenvalue weighted by Crippen LogP contribution is 2.36. The van der Waals surface area contributed by atoms with Crippen molar-refractivity contribution in [1.29, 1.82) is 0 Å². The van der Waals surface area contributed by atoms with Gasteiger partial charge in [0.05, 0.1) is 49.3 Å². The Morgan fingerprint density at radius 1 is 1.25 bits per heavy atom. The molecule has 2 aromatic rings. The standard InChI is InChI=1S/C19H25ClN2O6/c1-11(2)15-16(20)14(21-3-5-27-7-8-28-6-4-23)9-12-17(15)22-10-13(18(12)24)19(25)26/h9-11,21,23H,3-8H2,1-2H3,(H,22,24)(H,25,26). The number of H-pyrrole nitrogens is 1. The number of ether oxygens (including phenoxy) is 2. The molecule has 0 saturated carbocycles. The number of aromatic carboxylic acids is 1. The van der Waals surface area contributed by atoms with Gasteiger partial charge >= 0.3 is 5.97 Å². The molecule has 0 atom stereocenters. The third-order valence-corrected chi connectivity index (χ3v) is 4.53. The zero-order valence-electron chi connectivity index (χ0n) is 15.9. The number of carbonyl (C=O) groups is 1. The molecule has 0 aliphatic heterocycles. The Hall–Kier alpha value is -2.13. The Kier molecular flexibility index (Phi) is 8.25. The molecule has 154 valence electrons. The van der Waals surface area contributed by atoms with Crippen molar-refractivity contribution in [3.63, 3.8) is 0 Å². The highest BCUT2D eigenvalue weighted by atomic mass is 35.5.